The lowest BCUT2D eigenvalue weighted by Gasteiger charge is -2.35. The second kappa shape index (κ2) is 9.19. The molecule has 148 valence electrons. The van der Waals surface area contributed by atoms with E-state index < -0.39 is 11.8 Å². The summed E-state index contributed by atoms with van der Waals surface area (Å²) in [7, 11) is 2.11. The van der Waals surface area contributed by atoms with Crippen LogP contribution in [0.5, 0.6) is 0 Å². The number of hydrogen-bond donors (Lipinski definition) is 2. The van der Waals surface area contributed by atoms with Crippen molar-refractivity contribution in [2.24, 2.45) is 0 Å². The van der Waals surface area contributed by atoms with E-state index in [-0.39, 0.29) is 6.04 Å². The minimum Gasteiger partial charge on any atom is -0.379 e. The Bertz CT molecular complexity index is 673. The molecule has 0 radical (unpaired) electrons. The molecule has 7 nitrogen and oxygen atoms in total. The molecule has 2 aliphatic heterocycles. The molecule has 0 bridgehead atoms. The summed E-state index contributed by atoms with van der Waals surface area (Å²) in [5, 5.41) is 5.44. The fourth-order valence-electron chi connectivity index (χ4n) is 3.73. The van der Waals surface area contributed by atoms with Gasteiger partial charge in [0.15, 0.2) is 0 Å². The van der Waals surface area contributed by atoms with Crippen LogP contribution in [-0.4, -0.2) is 69.7 Å². The molecule has 27 heavy (non-hydrogen) atoms. The Balaban J connectivity index is 1.72. The Hall–Kier alpha value is -2.12. The molecular formula is C20H30N4O3. The summed E-state index contributed by atoms with van der Waals surface area (Å²) < 4.78 is 5.48. The Morgan fingerprint density at radius 1 is 1.15 bits per heavy atom. The van der Waals surface area contributed by atoms with Crippen molar-refractivity contribution in [1.82, 2.24) is 15.5 Å². The van der Waals surface area contributed by atoms with E-state index in [1.54, 1.807) is 0 Å². The number of benzene rings is 1. The number of likely N-dealkylation sites (N-methyl/N-ethyl adjacent to an activating group) is 1. The summed E-state index contributed by atoms with van der Waals surface area (Å²) in [4.78, 5) is 28.6. The molecule has 1 fully saturated rings. The summed E-state index contributed by atoms with van der Waals surface area (Å²) in [6, 6.07) is 6.60. The third kappa shape index (κ3) is 4.78. The minimum atomic E-state index is -0.567. The van der Waals surface area contributed by atoms with Crippen LogP contribution >= 0.6 is 0 Å². The number of fused-ring (bicyclic) bond motifs is 1. The van der Waals surface area contributed by atoms with Crippen molar-refractivity contribution in [2.75, 3.05) is 57.9 Å². The van der Waals surface area contributed by atoms with Crippen LogP contribution in [0.25, 0.3) is 0 Å². The van der Waals surface area contributed by atoms with Crippen LogP contribution < -0.4 is 15.5 Å². The third-order valence-electron chi connectivity index (χ3n) is 5.30. The summed E-state index contributed by atoms with van der Waals surface area (Å²) in [6.45, 7) is 6.93. The fourth-order valence-corrected chi connectivity index (χ4v) is 3.73. The highest BCUT2D eigenvalue weighted by molar-refractivity contribution is 6.35. The normalized spacial score (nSPS) is 18.1. The molecule has 1 aromatic carbocycles. The van der Waals surface area contributed by atoms with E-state index in [4.69, 9.17) is 4.74 Å². The van der Waals surface area contributed by atoms with Gasteiger partial charge in [-0.25, -0.2) is 0 Å². The average molecular weight is 374 g/mol. The zero-order chi connectivity index (χ0) is 19.2. The Morgan fingerprint density at radius 2 is 1.89 bits per heavy atom. The van der Waals surface area contributed by atoms with Gasteiger partial charge in [0.05, 0.1) is 19.3 Å². The average Bonchev–Trinajstić information content (AvgIpc) is 3.07. The van der Waals surface area contributed by atoms with Crippen molar-refractivity contribution in [3.63, 3.8) is 0 Å². The van der Waals surface area contributed by atoms with Crippen molar-refractivity contribution in [3.05, 3.63) is 29.3 Å². The molecule has 2 heterocycles. The van der Waals surface area contributed by atoms with E-state index in [0.717, 1.165) is 32.5 Å². The lowest BCUT2D eigenvalue weighted by atomic mass is 10.0. The van der Waals surface area contributed by atoms with Crippen molar-refractivity contribution >= 4 is 17.5 Å². The van der Waals surface area contributed by atoms with Gasteiger partial charge in [0.1, 0.15) is 0 Å². The first kappa shape index (κ1) is 19.6. The topological polar surface area (TPSA) is 73.9 Å². The van der Waals surface area contributed by atoms with E-state index >= 15 is 0 Å². The van der Waals surface area contributed by atoms with E-state index in [9.17, 15) is 9.59 Å². The molecule has 1 aromatic rings. The van der Waals surface area contributed by atoms with Crippen LogP contribution in [0.1, 0.15) is 30.5 Å². The van der Waals surface area contributed by atoms with Gasteiger partial charge in [-0.05, 0) is 30.0 Å². The minimum absolute atomic E-state index is 0.0352. The predicted octanol–water partition coefficient (Wildman–Crippen LogP) is 0.695. The van der Waals surface area contributed by atoms with Crippen LogP contribution in [0, 0.1) is 0 Å². The Morgan fingerprint density at radius 3 is 2.63 bits per heavy atom. The number of ether oxygens (including phenoxy) is 1. The predicted molar refractivity (Wildman–Crippen MR) is 105 cm³/mol. The second-order valence-electron chi connectivity index (χ2n) is 7.19. The van der Waals surface area contributed by atoms with Gasteiger partial charge in [0, 0.05) is 45.5 Å². The summed E-state index contributed by atoms with van der Waals surface area (Å²) >= 11 is 0. The molecule has 7 heteroatoms. The Labute approximate surface area is 161 Å². The van der Waals surface area contributed by atoms with Gasteiger partial charge in [0.2, 0.25) is 0 Å². The molecule has 2 aliphatic rings. The zero-order valence-corrected chi connectivity index (χ0v) is 16.3. The monoisotopic (exact) mass is 374 g/mol. The van der Waals surface area contributed by atoms with Gasteiger partial charge in [-0.1, -0.05) is 19.1 Å². The lowest BCUT2D eigenvalue weighted by Crippen LogP contribution is -2.46. The van der Waals surface area contributed by atoms with Crippen molar-refractivity contribution < 1.29 is 14.3 Å². The maximum Gasteiger partial charge on any atom is 0.309 e. The number of nitrogens with one attached hydrogen (secondary N) is 2. The second-order valence-corrected chi connectivity index (χ2v) is 7.19. The van der Waals surface area contributed by atoms with E-state index in [1.807, 2.05) is 6.92 Å². The van der Waals surface area contributed by atoms with E-state index in [0.29, 0.717) is 26.3 Å². The largest absolute Gasteiger partial charge is 0.379 e. The van der Waals surface area contributed by atoms with Gasteiger partial charge in [0.25, 0.3) is 0 Å². The zero-order valence-electron chi connectivity index (χ0n) is 16.3. The van der Waals surface area contributed by atoms with Gasteiger partial charge < -0.3 is 20.3 Å². The first-order chi connectivity index (χ1) is 13.1. The van der Waals surface area contributed by atoms with Gasteiger partial charge in [-0.15, -0.1) is 0 Å². The molecule has 2 N–H and O–H groups in total. The number of hydrogen-bond acceptors (Lipinski definition) is 5. The number of carbonyl (C=O) groups excluding carboxylic acids is 2. The number of anilines is 1. The van der Waals surface area contributed by atoms with Crippen molar-refractivity contribution in [3.8, 4) is 0 Å². The van der Waals surface area contributed by atoms with Gasteiger partial charge >= 0.3 is 11.8 Å². The maximum atomic E-state index is 12.1. The molecular weight excluding hydrogens is 344 g/mol. The first-order valence-corrected chi connectivity index (χ1v) is 9.82. The van der Waals surface area contributed by atoms with Crippen molar-refractivity contribution in [1.29, 1.82) is 0 Å². The summed E-state index contributed by atoms with van der Waals surface area (Å²) in [6.07, 6.45) is 1.85. The fraction of sp³-hybridized carbons (Fsp3) is 0.600. The highest BCUT2D eigenvalue weighted by Crippen LogP contribution is 2.31. The van der Waals surface area contributed by atoms with Crippen LogP contribution in [0.15, 0.2) is 18.2 Å². The lowest BCUT2D eigenvalue weighted by molar-refractivity contribution is -0.139. The number of amides is 2. The van der Waals surface area contributed by atoms with Gasteiger partial charge in [-0.2, -0.15) is 0 Å². The number of morpholine rings is 1. The molecule has 0 saturated carbocycles. The Kier molecular flexibility index (Phi) is 6.68. The highest BCUT2D eigenvalue weighted by Gasteiger charge is 2.26. The van der Waals surface area contributed by atoms with Crippen LogP contribution in [0.3, 0.4) is 0 Å². The van der Waals surface area contributed by atoms with E-state index in [1.165, 1.54) is 16.8 Å². The maximum absolute atomic E-state index is 12.1. The number of nitrogens with zero attached hydrogens (tertiary/aromatic N) is 2. The molecule has 1 saturated heterocycles. The standard InChI is InChI=1S/C20H30N4O3/c1-3-7-21-19(25)20(26)22-14-18(24-9-11-27-12-10-24)15-4-5-17-16(13-15)6-8-23(17)2/h4-5,13,18H,3,6-12,14H2,1-2H3,(H,21,25)(H,22,26)/t18-/m1/s1. The molecule has 0 spiro atoms. The SMILES string of the molecule is CCCNC(=O)C(=O)NC[C@H](c1ccc2c(c1)CCN2C)N1CCOCC1. The molecule has 3 rings (SSSR count). The highest BCUT2D eigenvalue weighted by atomic mass is 16.5. The van der Waals surface area contributed by atoms with Crippen molar-refractivity contribution in [2.45, 2.75) is 25.8 Å². The van der Waals surface area contributed by atoms with Gasteiger partial charge in [-0.3, -0.25) is 14.5 Å². The molecule has 0 aliphatic carbocycles. The smallest absolute Gasteiger partial charge is 0.309 e. The van der Waals surface area contributed by atoms with Crippen LogP contribution in [-0.2, 0) is 20.7 Å². The quantitative estimate of drug-likeness (QED) is 0.717. The van der Waals surface area contributed by atoms with E-state index in [2.05, 4.69) is 45.7 Å². The first-order valence-electron chi connectivity index (χ1n) is 9.82. The molecule has 0 aromatic heterocycles. The van der Waals surface area contributed by atoms with Crippen LogP contribution in [0.2, 0.25) is 0 Å². The number of carbonyl (C=O) groups is 2. The van der Waals surface area contributed by atoms with Crippen LogP contribution in [0.4, 0.5) is 5.69 Å². The molecule has 0 unspecified atom stereocenters. The molecule has 2 amide bonds. The summed E-state index contributed by atoms with van der Waals surface area (Å²) in [5.74, 6) is -1.13. The number of rotatable bonds is 6. The third-order valence-corrected chi connectivity index (χ3v) is 5.30. The molecule has 1 atom stereocenters. The summed E-state index contributed by atoms with van der Waals surface area (Å²) in [5.41, 5.74) is 3.81.